The summed E-state index contributed by atoms with van der Waals surface area (Å²) >= 11 is 0. The van der Waals surface area contributed by atoms with Crippen LogP contribution in [-0.4, -0.2) is 233 Å². The fraction of sp³-hybridized carbons (Fsp3) is 0.230. The minimum atomic E-state index is -2.41. The van der Waals surface area contributed by atoms with Gasteiger partial charge in [0.05, 0.1) is 86.6 Å². The van der Waals surface area contributed by atoms with Crippen molar-refractivity contribution in [2.45, 2.75) is 130 Å². The molecule has 0 saturated carbocycles. The third-order valence-electron chi connectivity index (χ3n) is 23.5. The third-order valence-corrected chi connectivity index (χ3v) is 23.5. The van der Waals surface area contributed by atoms with Gasteiger partial charge in [0.1, 0.15) is 37.6 Å². The zero-order chi connectivity index (χ0) is 102. The van der Waals surface area contributed by atoms with Crippen LogP contribution in [0.15, 0.2) is 377 Å². The number of hydrogen-bond acceptors (Lipinski definition) is 34. The van der Waals surface area contributed by atoms with Crippen LogP contribution >= 0.6 is 0 Å². The molecule has 0 spiro atoms. The van der Waals surface area contributed by atoms with Gasteiger partial charge in [-0.25, -0.2) is 57.5 Å². The van der Waals surface area contributed by atoms with Gasteiger partial charge in [-0.15, -0.1) is 6.58 Å². The van der Waals surface area contributed by atoms with Gasteiger partial charge in [-0.3, -0.25) is 4.79 Å². The van der Waals surface area contributed by atoms with E-state index in [1.807, 2.05) is 0 Å². The summed E-state index contributed by atoms with van der Waals surface area (Å²) in [5, 5.41) is 0. The Labute approximate surface area is 841 Å². The van der Waals surface area contributed by atoms with E-state index in [4.69, 9.17) is 99.5 Å². The van der Waals surface area contributed by atoms with Crippen LogP contribution in [0.3, 0.4) is 0 Å². The van der Waals surface area contributed by atoms with E-state index in [2.05, 4.69) is 6.58 Å². The highest BCUT2D eigenvalue weighted by atomic mass is 16.8. The lowest BCUT2D eigenvalue weighted by Crippen LogP contribution is -2.68. The molecule has 0 aliphatic carbocycles. The highest BCUT2D eigenvalue weighted by Crippen LogP contribution is 2.41. The van der Waals surface area contributed by atoms with Crippen molar-refractivity contribution in [2.24, 2.45) is 0 Å². The summed E-state index contributed by atoms with van der Waals surface area (Å²) in [4.78, 5) is 195. The van der Waals surface area contributed by atoms with Crippen LogP contribution in [0.25, 0.3) is 0 Å². The number of carbonyl (C=O) groups is 13. The lowest BCUT2D eigenvalue weighted by atomic mass is 9.95. The van der Waals surface area contributed by atoms with Crippen molar-refractivity contribution in [3.8, 4) is 0 Å². The van der Waals surface area contributed by atoms with Crippen molar-refractivity contribution in [3.63, 3.8) is 0 Å². The molecule has 0 unspecified atom stereocenters. The lowest BCUT2D eigenvalue weighted by Gasteiger charge is -2.49. The Morgan fingerprint density at radius 2 is 0.374 bits per heavy atom. The maximum Gasteiger partial charge on any atom is 0.338 e. The summed E-state index contributed by atoms with van der Waals surface area (Å²) in [5.41, 5.74) is -1.10. The van der Waals surface area contributed by atoms with E-state index in [0.717, 1.165) is 6.92 Å². The van der Waals surface area contributed by atoms with Gasteiger partial charge in [-0.2, -0.15) is 0 Å². The van der Waals surface area contributed by atoms with E-state index >= 15 is 33.6 Å². The van der Waals surface area contributed by atoms with Crippen LogP contribution in [0.2, 0.25) is 0 Å². The number of esters is 13. The first kappa shape index (κ1) is 103. The highest BCUT2D eigenvalue weighted by molar-refractivity contribution is 5.96. The van der Waals surface area contributed by atoms with Gasteiger partial charge in [0.25, 0.3) is 0 Å². The molecule has 4 aliphatic rings. The number of ether oxygens (including phenoxy) is 21. The van der Waals surface area contributed by atoms with Crippen molar-refractivity contribution in [3.05, 3.63) is 443 Å². The minimum absolute atomic E-state index is 0.000174. The second kappa shape index (κ2) is 50.4. The Morgan fingerprint density at radius 3 is 0.592 bits per heavy atom. The van der Waals surface area contributed by atoms with Crippen LogP contribution in [-0.2, 0) is 104 Å². The summed E-state index contributed by atoms with van der Waals surface area (Å²) in [5.74, 6) is -14.4. The molecule has 0 aromatic heterocycles. The van der Waals surface area contributed by atoms with Gasteiger partial charge < -0.3 is 99.5 Å². The average molecular weight is 2000 g/mol. The molecule has 4 fully saturated rings. The molecule has 0 N–H and O–H groups in total. The molecule has 147 heavy (non-hydrogen) atoms. The smallest absolute Gasteiger partial charge is 0.338 e. The molecule has 4 saturated heterocycles. The van der Waals surface area contributed by atoms with Crippen LogP contribution < -0.4 is 0 Å². The molecular weight excluding hydrogens is 1900 g/mol. The second-order valence-corrected chi connectivity index (χ2v) is 33.4. The molecular formula is C113H96O34. The van der Waals surface area contributed by atoms with Crippen molar-refractivity contribution in [1.82, 2.24) is 0 Å². The Bertz CT molecular complexity index is 6470. The van der Waals surface area contributed by atoms with Crippen molar-refractivity contribution >= 4 is 77.6 Å². The quantitative estimate of drug-likeness (QED) is 0.0197. The van der Waals surface area contributed by atoms with Gasteiger partial charge >= 0.3 is 77.6 Å². The van der Waals surface area contributed by atoms with Gasteiger partial charge in [-0.05, 0) is 146 Å². The molecule has 34 nitrogen and oxygen atoms in total. The van der Waals surface area contributed by atoms with Crippen LogP contribution in [0.1, 0.15) is 131 Å². The predicted octanol–water partition coefficient (Wildman–Crippen LogP) is 14.4. The number of benzene rings is 12. The van der Waals surface area contributed by atoms with E-state index in [9.17, 15) is 28.8 Å². The average Bonchev–Trinajstić information content (AvgIpc) is 0.764. The van der Waals surface area contributed by atoms with E-state index in [1.165, 1.54) is 249 Å². The standard InChI is InChI=1S/C113H96O34/c1-3-64-127-110-94(145-108(125)80-60-36-14-37-61-80)90(141-104(121)76-52-28-10-29-53-76)88(139-102(119)74-48-24-8-25-49-74)84(133-110)67-130-111-95(146-109(126)81-62-38-15-39-63-81)91(142-105(122)77-54-30-11-31-55-77)89(140-103(120)75-50-26-9-27-51-75)85(135-111)68-131-112-96(92(143-106(123)78-56-32-12-33-57-78)86(137-100(117)72-44-20-6-21-45-72)82(134-112)65-128-98(115)70-40-16-4-17-41-70)147-113-97(132-69(2)114)93(144-107(124)79-58-34-13-35-59-79)87(138-101(118)73-46-22-7-23-47-73)83(136-113)66-129-99(116)71-42-18-5-19-43-71/h3-63,82-97,110-113H,1,64-68H2,2H3/t82-,83-,84-,85-,86-,87-,88-,89-,90+,91+,92+,93+,94+,95+,96+,97+,110+,111+,112+,113-/m1/s1. The van der Waals surface area contributed by atoms with E-state index < -0.39 is 227 Å². The summed E-state index contributed by atoms with van der Waals surface area (Å²) in [6.45, 7) is 0.281. The molecule has 0 bridgehead atoms. The predicted molar refractivity (Wildman–Crippen MR) is 513 cm³/mol. The number of hydrogen-bond donors (Lipinski definition) is 0. The fourth-order valence-corrected chi connectivity index (χ4v) is 16.4. The summed E-state index contributed by atoms with van der Waals surface area (Å²) < 4.78 is 139. The van der Waals surface area contributed by atoms with E-state index in [-0.39, 0.29) is 73.4 Å². The highest BCUT2D eigenvalue weighted by Gasteiger charge is 2.62. The molecule has 0 amide bonds. The zero-order valence-electron chi connectivity index (χ0n) is 78.4. The molecule has 0 radical (unpaired) electrons. The Hall–Kier alpha value is -16.8. The monoisotopic (exact) mass is 2000 g/mol. The topological polar surface area (TPSA) is 416 Å². The maximum atomic E-state index is 15.7. The minimum Gasteiger partial charge on any atom is -0.459 e. The van der Waals surface area contributed by atoms with Crippen LogP contribution in [0.4, 0.5) is 0 Å². The van der Waals surface area contributed by atoms with Crippen LogP contribution in [0, 0.1) is 0 Å². The summed E-state index contributed by atoms with van der Waals surface area (Å²) in [7, 11) is 0. The zero-order valence-corrected chi connectivity index (χ0v) is 78.4. The largest absolute Gasteiger partial charge is 0.459 e. The first-order valence-corrected chi connectivity index (χ1v) is 46.6. The molecule has 20 atom stereocenters. The van der Waals surface area contributed by atoms with Crippen LogP contribution in [0.5, 0.6) is 0 Å². The maximum absolute atomic E-state index is 15.7. The van der Waals surface area contributed by atoms with Crippen molar-refractivity contribution < 1.29 is 162 Å². The molecule has 4 heterocycles. The SMILES string of the molecule is C=CCO[C@H]1O[C@H](CO[C@H]2O[C@H](CO[C@H]3O[C@H](COC(=O)c4ccccc4)[C@@H](OC(=O)c4ccccc4)[C@H](OC(=O)c4ccccc4)[C@@H]3O[C@H]3O[C@H](COC(=O)c4ccccc4)[C@@H](OC(=O)c4ccccc4)[C@H](OC(=O)c4ccccc4)[C@@H]3OC(C)=O)[C@@H](OC(=O)c3ccccc3)[C@H](OC(=O)c3ccccc3)[C@@H]2OC(=O)c2ccccc2)[C@@H](OC(=O)c2ccccc2)[C@H](OC(=O)c2ccccc2)[C@@H]1OC(=O)c1ccccc1. The van der Waals surface area contributed by atoms with Gasteiger partial charge in [0.2, 0.25) is 0 Å². The van der Waals surface area contributed by atoms with E-state index in [1.54, 1.807) is 121 Å². The number of carbonyl (C=O) groups excluding carboxylic acids is 13. The van der Waals surface area contributed by atoms with Crippen molar-refractivity contribution in [2.75, 3.05) is 33.0 Å². The first-order chi connectivity index (χ1) is 71.7. The molecule has 752 valence electrons. The van der Waals surface area contributed by atoms with Gasteiger partial charge in [0, 0.05) is 6.92 Å². The molecule has 34 heteroatoms. The first-order valence-electron chi connectivity index (χ1n) is 46.6. The molecule has 4 aliphatic heterocycles. The van der Waals surface area contributed by atoms with Gasteiger partial charge in [-0.1, -0.05) is 224 Å². The normalized spacial score (nSPS) is 23.4. The lowest BCUT2D eigenvalue weighted by molar-refractivity contribution is -0.371. The Kier molecular flexibility index (Phi) is 35.3. The second-order valence-electron chi connectivity index (χ2n) is 33.4. The summed E-state index contributed by atoms with van der Waals surface area (Å²) in [6, 6.07) is 89.3. The molecule has 16 rings (SSSR count). The molecule has 12 aromatic rings. The van der Waals surface area contributed by atoms with Crippen molar-refractivity contribution in [1.29, 1.82) is 0 Å². The van der Waals surface area contributed by atoms with E-state index in [0.29, 0.717) is 0 Å². The van der Waals surface area contributed by atoms with Gasteiger partial charge in [0.15, 0.2) is 98.4 Å². The number of rotatable bonds is 38. The summed E-state index contributed by atoms with van der Waals surface area (Å²) in [6.07, 6.45) is -41.3. The fourth-order valence-electron chi connectivity index (χ4n) is 16.4. The Morgan fingerprint density at radius 1 is 0.204 bits per heavy atom. The Balaban J connectivity index is 0.878. The molecule has 12 aromatic carbocycles. The third kappa shape index (κ3) is 26.8.